The molecule has 0 saturated heterocycles. The third-order valence-corrected chi connectivity index (χ3v) is 11.0. The summed E-state index contributed by atoms with van der Waals surface area (Å²) in [4.78, 5) is 12.1. The lowest BCUT2D eigenvalue weighted by Gasteiger charge is -2.58. The SMILES string of the molecule is CC(C)CCC[C@@H](C)[C@H]1CCC2C3CC=C4C[C@@H](NC(=O)CCN)CC[C@]4(C)C3CC[C@@]21C. The maximum Gasteiger partial charge on any atom is 0.221 e. The first-order chi connectivity index (χ1) is 15.7. The normalized spacial score (nSPS) is 41.1. The molecule has 0 spiro atoms. The lowest BCUT2D eigenvalue weighted by atomic mass is 9.47. The van der Waals surface area contributed by atoms with Gasteiger partial charge in [0.1, 0.15) is 0 Å². The quantitative estimate of drug-likeness (QED) is 0.392. The summed E-state index contributed by atoms with van der Waals surface area (Å²) in [6.07, 6.45) is 17.8. The van der Waals surface area contributed by atoms with Crippen molar-refractivity contribution >= 4 is 5.91 Å². The number of rotatable bonds is 8. The Labute approximate surface area is 204 Å². The maximum absolute atomic E-state index is 12.1. The van der Waals surface area contributed by atoms with Crippen LogP contribution in [0.5, 0.6) is 0 Å². The Morgan fingerprint density at radius 3 is 2.61 bits per heavy atom. The van der Waals surface area contributed by atoms with Crippen LogP contribution in [0.15, 0.2) is 11.6 Å². The zero-order chi connectivity index (χ0) is 23.8. The van der Waals surface area contributed by atoms with Crippen LogP contribution >= 0.6 is 0 Å². The number of hydrogen-bond acceptors (Lipinski definition) is 2. The van der Waals surface area contributed by atoms with Gasteiger partial charge in [0.15, 0.2) is 0 Å². The summed E-state index contributed by atoms with van der Waals surface area (Å²) in [7, 11) is 0. The van der Waals surface area contributed by atoms with E-state index in [1.54, 1.807) is 5.57 Å². The molecule has 3 N–H and O–H groups in total. The third-order valence-electron chi connectivity index (χ3n) is 11.0. The van der Waals surface area contributed by atoms with E-state index < -0.39 is 0 Å². The first-order valence-electron chi connectivity index (χ1n) is 14.4. The fraction of sp³-hybridized carbons (Fsp3) is 0.900. The van der Waals surface area contributed by atoms with E-state index in [0.717, 1.165) is 48.3 Å². The van der Waals surface area contributed by atoms with Crippen molar-refractivity contribution in [2.45, 2.75) is 118 Å². The summed E-state index contributed by atoms with van der Waals surface area (Å²) in [5.74, 6) is 5.45. The maximum atomic E-state index is 12.1. The first kappa shape index (κ1) is 25.3. The van der Waals surface area contributed by atoms with E-state index in [1.165, 1.54) is 57.8 Å². The number of hydrogen-bond donors (Lipinski definition) is 2. The molecular formula is C30H52N2O. The van der Waals surface area contributed by atoms with Gasteiger partial charge >= 0.3 is 0 Å². The molecule has 0 bridgehead atoms. The standard InChI is InChI=1S/C30H52N2O/c1-20(2)7-6-8-21(3)25-11-12-26-24-10-9-22-19-23(32-28(33)15-18-31)13-16-29(22,4)27(24)14-17-30(25,26)5/h9,20-21,23-27H,6-8,10-19,31H2,1-5H3,(H,32,33)/t21-,23+,24?,25-,26?,27?,29+,30-/m1/s1. The molecule has 3 fully saturated rings. The third kappa shape index (κ3) is 4.82. The predicted octanol–water partition coefficient (Wildman–Crippen LogP) is 6.86. The second-order valence-corrected chi connectivity index (χ2v) is 13.3. The molecule has 0 aromatic carbocycles. The van der Waals surface area contributed by atoms with Gasteiger partial charge in [0.2, 0.25) is 5.91 Å². The van der Waals surface area contributed by atoms with Gasteiger partial charge in [-0.2, -0.15) is 0 Å². The molecule has 4 aliphatic rings. The van der Waals surface area contributed by atoms with Crippen molar-refractivity contribution in [3.05, 3.63) is 11.6 Å². The van der Waals surface area contributed by atoms with Crippen LogP contribution in [-0.2, 0) is 4.79 Å². The highest BCUT2D eigenvalue weighted by Crippen LogP contribution is 2.67. The van der Waals surface area contributed by atoms with Gasteiger partial charge in [0.05, 0.1) is 0 Å². The Bertz CT molecular complexity index is 729. The molecule has 0 aromatic rings. The molecule has 3 saturated carbocycles. The van der Waals surface area contributed by atoms with E-state index in [0.29, 0.717) is 29.8 Å². The summed E-state index contributed by atoms with van der Waals surface area (Å²) in [6, 6.07) is 0.316. The van der Waals surface area contributed by atoms with Crippen molar-refractivity contribution in [1.82, 2.24) is 5.32 Å². The Hall–Kier alpha value is -0.830. The fourth-order valence-corrected chi connectivity index (χ4v) is 9.24. The highest BCUT2D eigenvalue weighted by molar-refractivity contribution is 5.76. The van der Waals surface area contributed by atoms with Crippen molar-refractivity contribution in [1.29, 1.82) is 0 Å². The number of fused-ring (bicyclic) bond motifs is 5. The lowest BCUT2D eigenvalue weighted by Crippen LogP contribution is -2.52. The number of carbonyl (C=O) groups is 1. The van der Waals surface area contributed by atoms with Crippen molar-refractivity contribution in [3.63, 3.8) is 0 Å². The zero-order valence-electron chi connectivity index (χ0n) is 22.3. The number of amides is 1. The second kappa shape index (κ2) is 10.0. The molecule has 1 amide bonds. The average Bonchev–Trinajstić information content (AvgIpc) is 3.11. The van der Waals surface area contributed by atoms with Crippen LogP contribution < -0.4 is 11.1 Å². The van der Waals surface area contributed by atoms with Gasteiger partial charge in [0.25, 0.3) is 0 Å². The van der Waals surface area contributed by atoms with E-state index in [4.69, 9.17) is 5.73 Å². The summed E-state index contributed by atoms with van der Waals surface area (Å²) >= 11 is 0. The predicted molar refractivity (Wildman–Crippen MR) is 139 cm³/mol. The van der Waals surface area contributed by atoms with Crippen molar-refractivity contribution in [3.8, 4) is 0 Å². The molecule has 0 aromatic heterocycles. The number of carbonyl (C=O) groups excluding carboxylic acids is 1. The molecule has 4 rings (SSSR count). The first-order valence-corrected chi connectivity index (χ1v) is 14.4. The van der Waals surface area contributed by atoms with E-state index in [9.17, 15) is 4.79 Å². The monoisotopic (exact) mass is 456 g/mol. The molecule has 33 heavy (non-hydrogen) atoms. The summed E-state index contributed by atoms with van der Waals surface area (Å²) in [5.41, 5.74) is 8.16. The molecule has 3 heteroatoms. The smallest absolute Gasteiger partial charge is 0.221 e. The van der Waals surface area contributed by atoms with E-state index >= 15 is 0 Å². The van der Waals surface area contributed by atoms with Crippen molar-refractivity contribution in [2.75, 3.05) is 6.54 Å². The van der Waals surface area contributed by atoms with Crippen molar-refractivity contribution in [2.24, 2.45) is 52.1 Å². The largest absolute Gasteiger partial charge is 0.353 e. The number of allylic oxidation sites excluding steroid dienone is 1. The minimum absolute atomic E-state index is 0.133. The van der Waals surface area contributed by atoms with Crippen LogP contribution in [0.25, 0.3) is 0 Å². The molecule has 0 radical (unpaired) electrons. The highest BCUT2D eigenvalue weighted by Gasteiger charge is 2.59. The van der Waals surface area contributed by atoms with E-state index in [1.807, 2.05) is 0 Å². The van der Waals surface area contributed by atoms with Gasteiger partial charge in [-0.3, -0.25) is 4.79 Å². The van der Waals surface area contributed by atoms with Crippen LogP contribution in [0.3, 0.4) is 0 Å². The van der Waals surface area contributed by atoms with Crippen LogP contribution in [0.2, 0.25) is 0 Å². The van der Waals surface area contributed by atoms with Crippen LogP contribution in [0.4, 0.5) is 0 Å². The molecule has 0 aliphatic heterocycles. The lowest BCUT2D eigenvalue weighted by molar-refractivity contribution is -0.122. The summed E-state index contributed by atoms with van der Waals surface area (Å²) in [5, 5.41) is 3.27. The summed E-state index contributed by atoms with van der Waals surface area (Å²) in [6.45, 7) is 13.0. The minimum atomic E-state index is 0.133. The van der Waals surface area contributed by atoms with Crippen LogP contribution in [-0.4, -0.2) is 18.5 Å². The van der Waals surface area contributed by atoms with Gasteiger partial charge in [-0.25, -0.2) is 0 Å². The Morgan fingerprint density at radius 2 is 1.88 bits per heavy atom. The number of nitrogens with two attached hydrogens (primary N) is 1. The number of nitrogens with one attached hydrogen (secondary N) is 1. The molecule has 3 nitrogen and oxygen atoms in total. The van der Waals surface area contributed by atoms with E-state index in [-0.39, 0.29) is 5.91 Å². The van der Waals surface area contributed by atoms with Gasteiger partial charge in [0, 0.05) is 19.0 Å². The van der Waals surface area contributed by atoms with Crippen LogP contribution in [0.1, 0.15) is 112 Å². The molecule has 0 heterocycles. The average molecular weight is 457 g/mol. The molecule has 3 unspecified atom stereocenters. The topological polar surface area (TPSA) is 55.1 Å². The fourth-order valence-electron chi connectivity index (χ4n) is 9.24. The molecule has 188 valence electrons. The van der Waals surface area contributed by atoms with Gasteiger partial charge in [-0.1, -0.05) is 65.5 Å². The molecule has 8 atom stereocenters. The second-order valence-electron chi connectivity index (χ2n) is 13.3. The minimum Gasteiger partial charge on any atom is -0.353 e. The zero-order valence-corrected chi connectivity index (χ0v) is 22.3. The van der Waals surface area contributed by atoms with Crippen molar-refractivity contribution < 1.29 is 4.79 Å². The highest BCUT2D eigenvalue weighted by atomic mass is 16.1. The molecule has 4 aliphatic carbocycles. The van der Waals surface area contributed by atoms with Gasteiger partial charge in [-0.15, -0.1) is 0 Å². The van der Waals surface area contributed by atoms with Gasteiger partial charge < -0.3 is 11.1 Å². The summed E-state index contributed by atoms with van der Waals surface area (Å²) < 4.78 is 0. The van der Waals surface area contributed by atoms with E-state index in [2.05, 4.69) is 46.0 Å². The van der Waals surface area contributed by atoms with Crippen LogP contribution in [0, 0.1) is 46.3 Å². The molecular weight excluding hydrogens is 404 g/mol. The Kier molecular flexibility index (Phi) is 7.68. The van der Waals surface area contributed by atoms with Gasteiger partial charge in [-0.05, 0) is 97.7 Å². The Morgan fingerprint density at radius 1 is 1.09 bits per heavy atom. The Balaban J connectivity index is 1.43.